The quantitative estimate of drug-likeness (QED) is 0.651. The molecule has 104 valence electrons. The molecule has 17 heavy (non-hydrogen) atoms. The summed E-state index contributed by atoms with van der Waals surface area (Å²) >= 11 is 0. The Hall–Kier alpha value is 0.0700. The SMILES string of the molecule is COCC(CCOP(=O)(O)OC(C)C)C(C)C. The summed E-state index contributed by atoms with van der Waals surface area (Å²) in [6.45, 7) is 8.39. The summed E-state index contributed by atoms with van der Waals surface area (Å²) in [7, 11) is -2.25. The van der Waals surface area contributed by atoms with E-state index in [-0.39, 0.29) is 12.7 Å². The van der Waals surface area contributed by atoms with Gasteiger partial charge < -0.3 is 9.63 Å². The van der Waals surface area contributed by atoms with Crippen LogP contribution in [0, 0.1) is 11.8 Å². The van der Waals surface area contributed by atoms with Crippen LogP contribution in [0.4, 0.5) is 0 Å². The van der Waals surface area contributed by atoms with E-state index in [4.69, 9.17) is 13.8 Å². The standard InChI is InChI=1S/C11H25O5P/c1-9(2)11(8-14-5)6-7-15-17(12,13)16-10(3)4/h9-11H,6-8H2,1-5H3,(H,12,13). The molecule has 0 saturated carbocycles. The fourth-order valence-corrected chi connectivity index (χ4v) is 2.37. The van der Waals surface area contributed by atoms with E-state index in [0.29, 0.717) is 24.9 Å². The summed E-state index contributed by atoms with van der Waals surface area (Å²) < 4.78 is 26.2. The number of phosphoric ester groups is 1. The van der Waals surface area contributed by atoms with Crippen molar-refractivity contribution in [2.45, 2.75) is 40.2 Å². The summed E-state index contributed by atoms with van der Waals surface area (Å²) in [5.74, 6) is 0.765. The normalized spacial score (nSPS) is 17.4. The first kappa shape index (κ1) is 17.1. The Labute approximate surface area is 104 Å². The van der Waals surface area contributed by atoms with Gasteiger partial charge in [-0.3, -0.25) is 9.05 Å². The number of phosphoric acid groups is 1. The summed E-state index contributed by atoms with van der Waals surface area (Å²) in [6, 6.07) is 0. The van der Waals surface area contributed by atoms with Gasteiger partial charge in [0, 0.05) is 13.7 Å². The van der Waals surface area contributed by atoms with Gasteiger partial charge in [-0.2, -0.15) is 0 Å². The molecule has 0 fully saturated rings. The Kier molecular flexibility index (Phi) is 8.25. The lowest BCUT2D eigenvalue weighted by atomic mass is 9.94. The van der Waals surface area contributed by atoms with Gasteiger partial charge in [0.25, 0.3) is 0 Å². The van der Waals surface area contributed by atoms with Crippen LogP contribution in [0.25, 0.3) is 0 Å². The second-order valence-electron chi connectivity index (χ2n) is 4.70. The zero-order chi connectivity index (χ0) is 13.5. The minimum Gasteiger partial charge on any atom is -0.384 e. The molecule has 0 spiro atoms. The van der Waals surface area contributed by atoms with Gasteiger partial charge in [-0.25, -0.2) is 4.57 Å². The lowest BCUT2D eigenvalue weighted by molar-refractivity contribution is 0.0892. The van der Waals surface area contributed by atoms with E-state index < -0.39 is 7.82 Å². The van der Waals surface area contributed by atoms with Gasteiger partial charge in [0.05, 0.1) is 12.7 Å². The third-order valence-corrected chi connectivity index (χ3v) is 3.61. The van der Waals surface area contributed by atoms with Crippen molar-refractivity contribution in [3.05, 3.63) is 0 Å². The highest BCUT2D eigenvalue weighted by molar-refractivity contribution is 7.47. The van der Waals surface area contributed by atoms with Crippen molar-refractivity contribution in [1.29, 1.82) is 0 Å². The van der Waals surface area contributed by atoms with E-state index in [1.54, 1.807) is 21.0 Å². The molecule has 0 aliphatic rings. The van der Waals surface area contributed by atoms with E-state index in [0.717, 1.165) is 0 Å². The molecule has 2 atom stereocenters. The predicted molar refractivity (Wildman–Crippen MR) is 66.8 cm³/mol. The highest BCUT2D eigenvalue weighted by Crippen LogP contribution is 2.44. The largest absolute Gasteiger partial charge is 0.472 e. The first-order chi connectivity index (χ1) is 7.78. The maximum Gasteiger partial charge on any atom is 0.472 e. The molecule has 5 nitrogen and oxygen atoms in total. The van der Waals surface area contributed by atoms with Crippen LogP contribution in [-0.2, 0) is 18.3 Å². The minimum atomic E-state index is -3.89. The summed E-state index contributed by atoms with van der Waals surface area (Å²) in [4.78, 5) is 9.35. The molecule has 0 heterocycles. The van der Waals surface area contributed by atoms with E-state index in [2.05, 4.69) is 13.8 Å². The van der Waals surface area contributed by atoms with Crippen LogP contribution in [0.15, 0.2) is 0 Å². The maximum atomic E-state index is 11.4. The first-order valence-corrected chi connectivity index (χ1v) is 7.42. The van der Waals surface area contributed by atoms with Crippen LogP contribution < -0.4 is 0 Å². The molecular formula is C11H25O5P. The van der Waals surface area contributed by atoms with E-state index in [1.165, 1.54) is 0 Å². The smallest absolute Gasteiger partial charge is 0.384 e. The fraction of sp³-hybridized carbons (Fsp3) is 1.00. The van der Waals surface area contributed by atoms with E-state index in [9.17, 15) is 9.46 Å². The second kappa shape index (κ2) is 8.22. The fourth-order valence-electron chi connectivity index (χ4n) is 1.44. The van der Waals surface area contributed by atoms with Crippen molar-refractivity contribution in [3.8, 4) is 0 Å². The Morgan fingerprint density at radius 3 is 2.24 bits per heavy atom. The predicted octanol–water partition coefficient (Wildman–Crippen LogP) is 2.84. The Balaban J connectivity index is 3.98. The Bertz CT molecular complexity index is 242. The van der Waals surface area contributed by atoms with Crippen LogP contribution in [0.2, 0.25) is 0 Å². The summed E-state index contributed by atoms with van der Waals surface area (Å²) in [5.41, 5.74) is 0. The van der Waals surface area contributed by atoms with Crippen molar-refractivity contribution in [2.75, 3.05) is 20.3 Å². The zero-order valence-electron chi connectivity index (χ0n) is 11.4. The maximum absolute atomic E-state index is 11.4. The molecule has 1 N–H and O–H groups in total. The molecule has 0 aliphatic carbocycles. The summed E-state index contributed by atoms with van der Waals surface area (Å²) in [6.07, 6.45) is 0.350. The van der Waals surface area contributed by atoms with Crippen molar-refractivity contribution in [3.63, 3.8) is 0 Å². The second-order valence-corrected chi connectivity index (χ2v) is 6.11. The molecular weight excluding hydrogens is 243 g/mol. The number of rotatable bonds is 9. The lowest BCUT2D eigenvalue weighted by Crippen LogP contribution is -2.17. The zero-order valence-corrected chi connectivity index (χ0v) is 12.3. The van der Waals surface area contributed by atoms with Gasteiger partial charge in [0.1, 0.15) is 0 Å². The third-order valence-electron chi connectivity index (χ3n) is 2.41. The van der Waals surface area contributed by atoms with Gasteiger partial charge in [-0.1, -0.05) is 13.8 Å². The molecule has 0 amide bonds. The minimum absolute atomic E-state index is 0.201. The van der Waals surface area contributed by atoms with Gasteiger partial charge in [-0.15, -0.1) is 0 Å². The molecule has 0 aromatic carbocycles. The molecule has 2 unspecified atom stereocenters. The van der Waals surface area contributed by atoms with Crippen LogP contribution in [-0.4, -0.2) is 31.3 Å². The van der Waals surface area contributed by atoms with E-state index in [1.807, 2.05) is 0 Å². The van der Waals surface area contributed by atoms with Crippen LogP contribution >= 0.6 is 7.82 Å². The average Bonchev–Trinajstić information content (AvgIpc) is 2.13. The monoisotopic (exact) mass is 268 g/mol. The van der Waals surface area contributed by atoms with Crippen LogP contribution in [0.3, 0.4) is 0 Å². The third kappa shape index (κ3) is 8.75. The highest BCUT2D eigenvalue weighted by Gasteiger charge is 2.23. The van der Waals surface area contributed by atoms with Gasteiger partial charge in [0.15, 0.2) is 0 Å². The molecule has 0 bridgehead atoms. The lowest BCUT2D eigenvalue weighted by Gasteiger charge is -2.21. The summed E-state index contributed by atoms with van der Waals surface area (Å²) in [5, 5.41) is 0. The first-order valence-electron chi connectivity index (χ1n) is 5.93. The van der Waals surface area contributed by atoms with Crippen molar-refractivity contribution in [1.82, 2.24) is 0 Å². The van der Waals surface area contributed by atoms with Gasteiger partial charge >= 0.3 is 7.82 Å². The number of hydrogen-bond donors (Lipinski definition) is 1. The number of methoxy groups -OCH3 is 1. The molecule has 0 radical (unpaired) electrons. The molecule has 0 aliphatic heterocycles. The number of hydrogen-bond acceptors (Lipinski definition) is 4. The topological polar surface area (TPSA) is 65.0 Å². The van der Waals surface area contributed by atoms with E-state index >= 15 is 0 Å². The Morgan fingerprint density at radius 1 is 1.24 bits per heavy atom. The van der Waals surface area contributed by atoms with Crippen molar-refractivity contribution < 1.29 is 23.2 Å². The molecule has 0 aromatic heterocycles. The molecule has 0 saturated heterocycles. The molecule has 6 heteroatoms. The molecule has 0 rings (SSSR count). The van der Waals surface area contributed by atoms with Gasteiger partial charge in [-0.05, 0) is 32.1 Å². The Morgan fingerprint density at radius 2 is 1.82 bits per heavy atom. The van der Waals surface area contributed by atoms with Gasteiger partial charge in [0.2, 0.25) is 0 Å². The highest BCUT2D eigenvalue weighted by atomic mass is 31.2. The van der Waals surface area contributed by atoms with Crippen LogP contribution in [0.1, 0.15) is 34.1 Å². The van der Waals surface area contributed by atoms with Crippen LogP contribution in [0.5, 0.6) is 0 Å². The average molecular weight is 268 g/mol. The molecule has 0 aromatic rings. The van der Waals surface area contributed by atoms with Crippen molar-refractivity contribution >= 4 is 7.82 Å². The number of ether oxygens (including phenoxy) is 1. The van der Waals surface area contributed by atoms with Crippen molar-refractivity contribution in [2.24, 2.45) is 11.8 Å².